The Labute approximate surface area is 193 Å². The monoisotopic (exact) mass is 447 g/mol. The first-order valence-electron chi connectivity index (χ1n) is 11.1. The number of hydrogen-bond donors (Lipinski definition) is 3. The Morgan fingerprint density at radius 2 is 1.88 bits per heavy atom. The van der Waals surface area contributed by atoms with Crippen LogP contribution in [-0.2, 0) is 0 Å². The van der Waals surface area contributed by atoms with Gasteiger partial charge in [0.15, 0.2) is 0 Å². The number of aromatic nitrogens is 1. The molecular weight excluding hydrogens is 418 g/mol. The molecule has 4 N–H and O–H groups in total. The molecule has 0 bridgehead atoms. The van der Waals surface area contributed by atoms with Gasteiger partial charge in [-0.15, -0.1) is 0 Å². The molecule has 0 spiro atoms. The topological polar surface area (TPSA) is 114 Å². The van der Waals surface area contributed by atoms with E-state index in [-0.39, 0.29) is 12.0 Å². The van der Waals surface area contributed by atoms with Gasteiger partial charge < -0.3 is 25.4 Å². The molecule has 1 saturated heterocycles. The van der Waals surface area contributed by atoms with Crippen molar-refractivity contribution in [1.82, 2.24) is 15.2 Å². The number of nitrogen functional groups attached to an aromatic ring is 1. The molecule has 1 aliphatic heterocycles. The molecule has 0 unspecified atom stereocenters. The Morgan fingerprint density at radius 1 is 1.15 bits per heavy atom. The maximum atomic E-state index is 12.4. The second-order valence-corrected chi connectivity index (χ2v) is 8.10. The zero-order valence-corrected chi connectivity index (χ0v) is 18.7. The van der Waals surface area contributed by atoms with Crippen LogP contribution >= 0.6 is 0 Å². The predicted octanol–water partition coefficient (Wildman–Crippen LogP) is 3.47. The fraction of sp³-hybridized carbons (Fsp3) is 0.320. The number of carbonyl (C=O) groups is 1. The Hall–Kier alpha value is -3.81. The van der Waals surface area contributed by atoms with E-state index in [4.69, 9.17) is 20.6 Å². The summed E-state index contributed by atoms with van der Waals surface area (Å²) in [6, 6.07) is 14.7. The lowest BCUT2D eigenvalue weighted by Crippen LogP contribution is -2.40. The summed E-state index contributed by atoms with van der Waals surface area (Å²) in [5.74, 6) is 2.34. The average molecular weight is 448 g/mol. The normalized spacial score (nSPS) is 14.2. The number of benzene rings is 2. The molecule has 1 fully saturated rings. The molecule has 0 saturated carbocycles. The van der Waals surface area contributed by atoms with Crippen molar-refractivity contribution in [2.45, 2.75) is 25.9 Å². The largest absolute Gasteiger partial charge is 0.492 e. The number of nitrogens with one attached hydrogen (secondary N) is 2. The standard InChI is InChI=1S/C25H29N5O3/c1-17(26)30-13-9-21(10-14-30)33-20-5-3-19(4-6-20)25(31)29-12-15-32-22-7-2-18-8-11-28-24(27)23(18)16-22/h2-8,11,16,21,26H,9-10,12-15H2,1H3,(H2,27,28)(H,29,31). The number of pyridine rings is 1. The minimum absolute atomic E-state index is 0.138. The predicted molar refractivity (Wildman–Crippen MR) is 129 cm³/mol. The molecule has 0 aliphatic carbocycles. The van der Waals surface area contributed by atoms with Crippen molar-refractivity contribution < 1.29 is 14.3 Å². The van der Waals surface area contributed by atoms with E-state index in [0.717, 1.165) is 42.5 Å². The van der Waals surface area contributed by atoms with Gasteiger partial charge in [-0.1, -0.05) is 6.07 Å². The number of amidine groups is 1. The van der Waals surface area contributed by atoms with E-state index in [9.17, 15) is 4.79 Å². The molecule has 4 rings (SSSR count). The second-order valence-electron chi connectivity index (χ2n) is 8.10. The number of rotatable bonds is 7. The van der Waals surface area contributed by atoms with Gasteiger partial charge in [-0.25, -0.2) is 4.98 Å². The summed E-state index contributed by atoms with van der Waals surface area (Å²) >= 11 is 0. The van der Waals surface area contributed by atoms with E-state index in [1.54, 1.807) is 18.3 Å². The van der Waals surface area contributed by atoms with Gasteiger partial charge in [0.1, 0.15) is 30.0 Å². The number of carbonyl (C=O) groups excluding carboxylic acids is 1. The minimum atomic E-state index is -0.160. The molecule has 33 heavy (non-hydrogen) atoms. The first-order chi connectivity index (χ1) is 16.0. The zero-order chi connectivity index (χ0) is 23.2. The molecule has 1 aromatic heterocycles. The molecule has 2 aromatic carbocycles. The minimum Gasteiger partial charge on any atom is -0.492 e. The molecular formula is C25H29N5O3. The lowest BCUT2D eigenvalue weighted by molar-refractivity contribution is 0.0947. The lowest BCUT2D eigenvalue weighted by atomic mass is 10.1. The quantitative estimate of drug-likeness (QED) is 0.290. The average Bonchev–Trinajstić information content (AvgIpc) is 2.83. The van der Waals surface area contributed by atoms with Gasteiger partial charge in [0.2, 0.25) is 0 Å². The maximum Gasteiger partial charge on any atom is 0.251 e. The van der Waals surface area contributed by atoms with Crippen LogP contribution in [0.5, 0.6) is 11.5 Å². The van der Waals surface area contributed by atoms with Crippen LogP contribution in [0.1, 0.15) is 30.1 Å². The highest BCUT2D eigenvalue weighted by molar-refractivity contribution is 5.94. The molecule has 0 atom stereocenters. The fourth-order valence-electron chi connectivity index (χ4n) is 3.88. The van der Waals surface area contributed by atoms with Crippen LogP contribution in [0.25, 0.3) is 10.8 Å². The van der Waals surface area contributed by atoms with Gasteiger partial charge in [-0.05, 0) is 54.8 Å². The zero-order valence-electron chi connectivity index (χ0n) is 18.7. The van der Waals surface area contributed by atoms with Crippen LogP contribution < -0.4 is 20.5 Å². The van der Waals surface area contributed by atoms with Gasteiger partial charge in [0.05, 0.1) is 12.4 Å². The number of ether oxygens (including phenoxy) is 2. The molecule has 8 nitrogen and oxygen atoms in total. The Morgan fingerprint density at radius 3 is 2.61 bits per heavy atom. The summed E-state index contributed by atoms with van der Waals surface area (Å²) in [5, 5.41) is 12.4. The van der Waals surface area contributed by atoms with Crippen molar-refractivity contribution in [1.29, 1.82) is 5.41 Å². The third-order valence-corrected chi connectivity index (χ3v) is 5.76. The Bertz CT molecular complexity index is 1120. The highest BCUT2D eigenvalue weighted by Gasteiger charge is 2.20. The first kappa shape index (κ1) is 22.4. The summed E-state index contributed by atoms with van der Waals surface area (Å²) in [5.41, 5.74) is 6.49. The number of anilines is 1. The maximum absolute atomic E-state index is 12.4. The first-order valence-corrected chi connectivity index (χ1v) is 11.1. The summed E-state index contributed by atoms with van der Waals surface area (Å²) in [7, 11) is 0. The Kier molecular flexibility index (Phi) is 6.92. The van der Waals surface area contributed by atoms with Crippen molar-refractivity contribution >= 4 is 28.3 Å². The lowest BCUT2D eigenvalue weighted by Gasteiger charge is -2.32. The molecule has 1 amide bonds. The molecule has 3 aromatic rings. The van der Waals surface area contributed by atoms with Gasteiger partial charge >= 0.3 is 0 Å². The molecule has 8 heteroatoms. The Balaban J connectivity index is 1.21. The molecule has 2 heterocycles. The number of hydrogen-bond acceptors (Lipinski definition) is 6. The number of nitrogens with two attached hydrogens (primary N) is 1. The number of fused-ring (bicyclic) bond motifs is 1. The third kappa shape index (κ3) is 5.71. The number of piperidine rings is 1. The van der Waals surface area contributed by atoms with Crippen LogP contribution in [0.15, 0.2) is 54.7 Å². The number of amides is 1. The SMILES string of the molecule is CC(=N)N1CCC(Oc2ccc(C(=O)NCCOc3ccc4ccnc(N)c4c3)cc2)CC1. The second kappa shape index (κ2) is 10.2. The van der Waals surface area contributed by atoms with Crippen LogP contribution in [-0.4, -0.2) is 54.0 Å². The van der Waals surface area contributed by atoms with Gasteiger partial charge in [0, 0.05) is 43.1 Å². The van der Waals surface area contributed by atoms with Crippen molar-refractivity contribution in [2.75, 3.05) is 32.0 Å². The van der Waals surface area contributed by atoms with Gasteiger partial charge in [0.25, 0.3) is 5.91 Å². The van der Waals surface area contributed by atoms with E-state index in [2.05, 4.69) is 15.2 Å². The summed E-state index contributed by atoms with van der Waals surface area (Å²) in [6.07, 6.45) is 3.59. The van der Waals surface area contributed by atoms with E-state index >= 15 is 0 Å². The van der Waals surface area contributed by atoms with Crippen molar-refractivity contribution in [3.8, 4) is 11.5 Å². The highest BCUT2D eigenvalue weighted by atomic mass is 16.5. The fourth-order valence-corrected chi connectivity index (χ4v) is 3.88. The van der Waals surface area contributed by atoms with Gasteiger partial charge in [-0.2, -0.15) is 0 Å². The van der Waals surface area contributed by atoms with Crippen molar-refractivity contribution in [2.24, 2.45) is 0 Å². The van der Waals surface area contributed by atoms with Gasteiger partial charge in [-0.3, -0.25) is 10.2 Å². The van der Waals surface area contributed by atoms with E-state index in [1.807, 2.05) is 43.3 Å². The van der Waals surface area contributed by atoms with Crippen molar-refractivity contribution in [3.63, 3.8) is 0 Å². The van der Waals surface area contributed by atoms with Crippen LogP contribution in [0.2, 0.25) is 0 Å². The van der Waals surface area contributed by atoms with E-state index in [1.165, 1.54) is 0 Å². The summed E-state index contributed by atoms with van der Waals surface area (Å²) in [4.78, 5) is 18.6. The smallest absolute Gasteiger partial charge is 0.251 e. The van der Waals surface area contributed by atoms with Crippen LogP contribution in [0.4, 0.5) is 5.82 Å². The van der Waals surface area contributed by atoms with Crippen molar-refractivity contribution in [3.05, 3.63) is 60.3 Å². The van der Waals surface area contributed by atoms with E-state index in [0.29, 0.717) is 36.1 Å². The summed E-state index contributed by atoms with van der Waals surface area (Å²) in [6.45, 7) is 4.21. The molecule has 172 valence electrons. The highest BCUT2D eigenvalue weighted by Crippen LogP contribution is 2.24. The van der Waals surface area contributed by atoms with Crippen LogP contribution in [0.3, 0.4) is 0 Å². The van der Waals surface area contributed by atoms with Crippen LogP contribution in [0, 0.1) is 5.41 Å². The molecule has 0 radical (unpaired) electrons. The summed E-state index contributed by atoms with van der Waals surface area (Å²) < 4.78 is 11.8. The molecule has 1 aliphatic rings. The van der Waals surface area contributed by atoms with E-state index < -0.39 is 0 Å². The third-order valence-electron chi connectivity index (χ3n) is 5.76. The number of nitrogens with zero attached hydrogens (tertiary/aromatic N) is 2. The number of likely N-dealkylation sites (tertiary alicyclic amines) is 1.